The molecule has 1 N–H and O–H groups in total. The number of nitrogens with zero attached hydrogens (tertiary/aromatic N) is 2. The molecule has 0 aliphatic carbocycles. The van der Waals surface area contributed by atoms with Crippen molar-refractivity contribution in [1.82, 2.24) is 9.55 Å². The lowest BCUT2D eigenvalue weighted by Crippen LogP contribution is -2.12. The fourth-order valence-electron chi connectivity index (χ4n) is 2.04. The molecule has 0 radical (unpaired) electrons. The second kappa shape index (κ2) is 6.68. The van der Waals surface area contributed by atoms with Crippen LogP contribution in [0.4, 0.5) is 5.13 Å². The Morgan fingerprint density at radius 2 is 2.08 bits per heavy atom. The Balaban J connectivity index is 1.85. The van der Waals surface area contributed by atoms with Gasteiger partial charge in [-0.2, -0.15) is 0 Å². The Bertz CT molecular complexity index is 991. The topological polar surface area (TPSA) is 64.0 Å². The zero-order valence-electron chi connectivity index (χ0n) is 12.6. The van der Waals surface area contributed by atoms with E-state index in [1.807, 2.05) is 0 Å². The van der Waals surface area contributed by atoms with Gasteiger partial charge in [0.25, 0.3) is 5.91 Å². The van der Waals surface area contributed by atoms with Crippen LogP contribution in [0.1, 0.15) is 15.4 Å². The first-order chi connectivity index (χ1) is 11.4. The molecule has 1 aromatic carbocycles. The molecule has 1 amide bonds. The van der Waals surface area contributed by atoms with Crippen LogP contribution in [0.15, 0.2) is 28.4 Å². The van der Waals surface area contributed by atoms with Crippen LogP contribution in [0.2, 0.25) is 10.0 Å². The van der Waals surface area contributed by atoms with Crippen LogP contribution >= 0.6 is 45.9 Å². The summed E-state index contributed by atoms with van der Waals surface area (Å²) in [5, 5.41) is 5.98. The molecule has 5 nitrogen and oxygen atoms in total. The van der Waals surface area contributed by atoms with Gasteiger partial charge in [0.2, 0.25) is 0 Å². The van der Waals surface area contributed by atoms with Crippen molar-refractivity contribution >= 4 is 56.9 Å². The van der Waals surface area contributed by atoms with Gasteiger partial charge in [0.05, 0.1) is 10.7 Å². The molecule has 124 valence electrons. The van der Waals surface area contributed by atoms with Gasteiger partial charge in [0.1, 0.15) is 4.88 Å². The molecule has 2 heterocycles. The van der Waals surface area contributed by atoms with Gasteiger partial charge >= 0.3 is 4.87 Å². The molecule has 0 unspecified atom stereocenters. The van der Waals surface area contributed by atoms with Crippen molar-refractivity contribution in [3.05, 3.63) is 53.9 Å². The number of nitrogens with one attached hydrogen (secondary N) is 1. The lowest BCUT2D eigenvalue weighted by atomic mass is 10.2. The molecular formula is C15H11Cl2N3O2S2. The van der Waals surface area contributed by atoms with Crippen molar-refractivity contribution in [3.63, 3.8) is 0 Å². The summed E-state index contributed by atoms with van der Waals surface area (Å²) in [7, 11) is 1.63. The highest BCUT2D eigenvalue weighted by atomic mass is 35.5. The third-order valence-corrected chi connectivity index (χ3v) is 5.87. The molecular weight excluding hydrogens is 389 g/mol. The predicted molar refractivity (Wildman–Crippen MR) is 99.8 cm³/mol. The lowest BCUT2D eigenvalue weighted by Gasteiger charge is -2.02. The van der Waals surface area contributed by atoms with E-state index in [-0.39, 0.29) is 10.8 Å². The van der Waals surface area contributed by atoms with Gasteiger partial charge in [0.15, 0.2) is 5.13 Å². The van der Waals surface area contributed by atoms with Crippen molar-refractivity contribution in [1.29, 1.82) is 0 Å². The van der Waals surface area contributed by atoms with Crippen molar-refractivity contribution in [2.45, 2.75) is 6.92 Å². The molecule has 9 heteroatoms. The van der Waals surface area contributed by atoms with Crippen molar-refractivity contribution in [2.24, 2.45) is 7.05 Å². The molecule has 0 aliphatic rings. The monoisotopic (exact) mass is 399 g/mol. The Labute approximate surface area is 155 Å². The number of benzene rings is 1. The summed E-state index contributed by atoms with van der Waals surface area (Å²) in [4.78, 5) is 28.5. The largest absolute Gasteiger partial charge is 0.307 e. The fourth-order valence-corrected chi connectivity index (χ4v) is 4.12. The van der Waals surface area contributed by atoms with Gasteiger partial charge in [-0.25, -0.2) is 4.98 Å². The molecule has 0 aliphatic heterocycles. The minimum Gasteiger partial charge on any atom is -0.306 e. The highest BCUT2D eigenvalue weighted by Gasteiger charge is 2.17. The standard InChI is InChI=1S/C15H11Cl2N3O2S2/c1-7-12(24-15(22)20(7)2)13(21)19-14-18-11(6-23-14)9-4-3-8(16)5-10(9)17/h3-6H,1-2H3,(H,18,19,21). The predicted octanol–water partition coefficient (Wildman–Crippen LogP) is 4.44. The van der Waals surface area contributed by atoms with Crippen LogP contribution in [-0.2, 0) is 7.05 Å². The van der Waals surface area contributed by atoms with Gasteiger partial charge in [-0.15, -0.1) is 11.3 Å². The van der Waals surface area contributed by atoms with Crippen molar-refractivity contribution in [2.75, 3.05) is 5.32 Å². The minimum atomic E-state index is -0.349. The highest BCUT2D eigenvalue weighted by Crippen LogP contribution is 2.32. The average molecular weight is 400 g/mol. The number of halogens is 2. The van der Waals surface area contributed by atoms with Gasteiger partial charge < -0.3 is 4.57 Å². The van der Waals surface area contributed by atoms with E-state index in [0.717, 1.165) is 16.9 Å². The summed E-state index contributed by atoms with van der Waals surface area (Å²) >= 11 is 14.3. The summed E-state index contributed by atoms with van der Waals surface area (Å²) in [5.41, 5.74) is 2.01. The number of amides is 1. The smallest absolute Gasteiger partial charge is 0.306 e. The van der Waals surface area contributed by atoms with E-state index in [2.05, 4.69) is 10.3 Å². The molecule has 24 heavy (non-hydrogen) atoms. The Kier molecular flexibility index (Phi) is 4.78. The van der Waals surface area contributed by atoms with E-state index in [0.29, 0.717) is 31.4 Å². The lowest BCUT2D eigenvalue weighted by molar-refractivity contribution is 0.102. The van der Waals surface area contributed by atoms with E-state index < -0.39 is 0 Å². The molecule has 0 fully saturated rings. The van der Waals surface area contributed by atoms with Crippen LogP contribution < -0.4 is 10.2 Å². The van der Waals surface area contributed by atoms with Crippen molar-refractivity contribution < 1.29 is 4.79 Å². The van der Waals surface area contributed by atoms with E-state index in [1.54, 1.807) is 37.6 Å². The van der Waals surface area contributed by atoms with E-state index in [1.165, 1.54) is 15.9 Å². The second-order valence-corrected chi connectivity index (χ2v) is 7.62. The average Bonchev–Trinajstić information content (AvgIpc) is 3.08. The quantitative estimate of drug-likeness (QED) is 0.707. The maximum atomic E-state index is 12.3. The second-order valence-electron chi connectivity index (χ2n) is 4.96. The number of hydrogen-bond donors (Lipinski definition) is 1. The summed E-state index contributed by atoms with van der Waals surface area (Å²) in [5.74, 6) is -0.349. The SMILES string of the molecule is Cc1c(C(=O)Nc2nc(-c3ccc(Cl)cc3Cl)cs2)sc(=O)n1C. The van der Waals surface area contributed by atoms with Crippen molar-refractivity contribution in [3.8, 4) is 11.3 Å². The normalized spacial score (nSPS) is 10.8. The number of carbonyl (C=O) groups is 1. The van der Waals surface area contributed by atoms with Crippen LogP contribution in [0.5, 0.6) is 0 Å². The van der Waals surface area contributed by atoms with Gasteiger partial charge in [0, 0.05) is 28.7 Å². The summed E-state index contributed by atoms with van der Waals surface area (Å²) < 4.78 is 1.44. The molecule has 3 aromatic rings. The third-order valence-electron chi connectivity index (χ3n) is 3.43. The first kappa shape index (κ1) is 17.2. The van der Waals surface area contributed by atoms with Crippen LogP contribution in [0, 0.1) is 6.92 Å². The number of carbonyl (C=O) groups excluding carboxylic acids is 1. The summed E-state index contributed by atoms with van der Waals surface area (Å²) in [6, 6.07) is 5.14. The Morgan fingerprint density at radius 1 is 1.33 bits per heavy atom. The summed E-state index contributed by atoms with van der Waals surface area (Å²) in [6.45, 7) is 1.73. The highest BCUT2D eigenvalue weighted by molar-refractivity contribution is 7.14. The third kappa shape index (κ3) is 3.25. The molecule has 0 saturated carbocycles. The molecule has 0 bridgehead atoms. The number of aromatic nitrogens is 2. The number of rotatable bonds is 3. The van der Waals surface area contributed by atoms with E-state index >= 15 is 0 Å². The number of thiazole rings is 2. The van der Waals surface area contributed by atoms with Gasteiger partial charge in [-0.3, -0.25) is 14.9 Å². The Hall–Kier alpha value is -1.67. The molecule has 0 spiro atoms. The minimum absolute atomic E-state index is 0.176. The van der Waals surface area contributed by atoms with Crippen LogP contribution in [0.25, 0.3) is 11.3 Å². The first-order valence-electron chi connectivity index (χ1n) is 6.75. The van der Waals surface area contributed by atoms with Crippen LogP contribution in [0.3, 0.4) is 0 Å². The fraction of sp³-hybridized carbons (Fsp3) is 0.133. The Morgan fingerprint density at radius 3 is 2.71 bits per heavy atom. The first-order valence-corrected chi connectivity index (χ1v) is 9.20. The van der Waals surface area contributed by atoms with Crippen LogP contribution in [-0.4, -0.2) is 15.5 Å². The maximum absolute atomic E-state index is 12.3. The zero-order valence-corrected chi connectivity index (χ0v) is 15.7. The maximum Gasteiger partial charge on any atom is 0.307 e. The van der Waals surface area contributed by atoms with Gasteiger partial charge in [-0.1, -0.05) is 34.5 Å². The van der Waals surface area contributed by atoms with E-state index in [4.69, 9.17) is 23.2 Å². The molecule has 0 atom stereocenters. The molecule has 3 rings (SSSR count). The number of hydrogen-bond acceptors (Lipinski definition) is 5. The van der Waals surface area contributed by atoms with E-state index in [9.17, 15) is 9.59 Å². The van der Waals surface area contributed by atoms with Gasteiger partial charge in [-0.05, 0) is 25.1 Å². The summed E-state index contributed by atoms with van der Waals surface area (Å²) in [6.07, 6.45) is 0. The number of anilines is 1. The molecule has 0 saturated heterocycles. The molecule has 2 aromatic heterocycles. The zero-order chi connectivity index (χ0) is 17.4.